The van der Waals surface area contributed by atoms with Crippen LogP contribution in [0.5, 0.6) is 0 Å². The minimum atomic E-state index is -0.353. The topological polar surface area (TPSA) is 59.2 Å². The van der Waals surface area contributed by atoms with E-state index in [9.17, 15) is 4.79 Å². The second-order valence-electron chi connectivity index (χ2n) is 4.35. The molecule has 0 saturated heterocycles. The number of carbonyl (C=O) groups excluding carboxylic acids is 1. The lowest BCUT2D eigenvalue weighted by atomic mass is 10.1. The number of anilines is 1. The van der Waals surface area contributed by atoms with Gasteiger partial charge in [-0.2, -0.15) is 0 Å². The Bertz CT molecular complexity index is 432. The summed E-state index contributed by atoms with van der Waals surface area (Å²) in [6.45, 7) is 0. The molecule has 1 amide bonds. The second-order valence-corrected chi connectivity index (χ2v) is 4.35. The average Bonchev–Trinajstić information content (AvgIpc) is 3.05. The molecule has 2 aliphatic rings. The third kappa shape index (κ3) is 1.11. The van der Waals surface area contributed by atoms with E-state index in [-0.39, 0.29) is 11.9 Å². The summed E-state index contributed by atoms with van der Waals surface area (Å²) in [7, 11) is 1.75. The van der Waals surface area contributed by atoms with Crippen LogP contribution in [-0.4, -0.2) is 24.0 Å². The van der Waals surface area contributed by atoms with E-state index in [2.05, 4.69) is 11.1 Å². The van der Waals surface area contributed by atoms with Gasteiger partial charge in [0.15, 0.2) is 0 Å². The van der Waals surface area contributed by atoms with Crippen LogP contribution in [0.2, 0.25) is 0 Å². The number of pyridine rings is 1. The molecule has 3 atom stereocenters. The van der Waals surface area contributed by atoms with Crippen LogP contribution in [0.4, 0.5) is 5.82 Å². The molecule has 0 bridgehead atoms. The third-order valence-electron chi connectivity index (χ3n) is 3.45. The summed E-state index contributed by atoms with van der Waals surface area (Å²) < 4.78 is 0. The number of nitrogens with zero attached hydrogens (tertiary/aromatic N) is 2. The van der Waals surface area contributed by atoms with Crippen molar-refractivity contribution in [2.75, 3.05) is 11.9 Å². The number of hydrogen-bond donors (Lipinski definition) is 1. The number of hydrogen-bond acceptors (Lipinski definition) is 3. The quantitative estimate of drug-likeness (QED) is 0.667. The Morgan fingerprint density at radius 2 is 2.40 bits per heavy atom. The molecule has 0 radical (unpaired) electrons. The van der Waals surface area contributed by atoms with Gasteiger partial charge in [-0.05, 0) is 29.9 Å². The van der Waals surface area contributed by atoms with Crippen LogP contribution in [0.3, 0.4) is 0 Å². The van der Waals surface area contributed by atoms with E-state index in [1.54, 1.807) is 18.1 Å². The lowest BCUT2D eigenvalue weighted by molar-refractivity contribution is -0.119. The molecule has 1 aliphatic carbocycles. The number of amides is 1. The summed E-state index contributed by atoms with van der Waals surface area (Å²) >= 11 is 0. The van der Waals surface area contributed by atoms with Crippen molar-refractivity contribution in [2.24, 2.45) is 11.7 Å². The summed E-state index contributed by atoms with van der Waals surface area (Å²) in [5, 5.41) is 0. The zero-order valence-electron chi connectivity index (χ0n) is 8.55. The molecule has 1 saturated carbocycles. The van der Waals surface area contributed by atoms with Gasteiger partial charge in [-0.15, -0.1) is 0 Å². The number of aromatic nitrogens is 1. The summed E-state index contributed by atoms with van der Waals surface area (Å²) in [6.07, 6.45) is 2.75. The minimum Gasteiger partial charge on any atom is -0.320 e. The number of likely N-dealkylation sites (N-methyl/N-ethyl adjacent to an activating group) is 1. The zero-order valence-corrected chi connectivity index (χ0v) is 8.55. The number of carbonyl (C=O) groups is 1. The molecule has 78 valence electrons. The van der Waals surface area contributed by atoms with Gasteiger partial charge in [-0.1, -0.05) is 6.07 Å². The zero-order chi connectivity index (χ0) is 10.6. The van der Waals surface area contributed by atoms with Crippen molar-refractivity contribution < 1.29 is 4.79 Å². The molecule has 0 aromatic carbocycles. The van der Waals surface area contributed by atoms with Crippen LogP contribution in [-0.2, 0) is 4.79 Å². The molecule has 4 heteroatoms. The second kappa shape index (κ2) is 2.79. The van der Waals surface area contributed by atoms with Gasteiger partial charge < -0.3 is 5.73 Å². The van der Waals surface area contributed by atoms with Gasteiger partial charge in [0.25, 0.3) is 0 Å². The van der Waals surface area contributed by atoms with E-state index in [1.807, 2.05) is 6.07 Å². The van der Waals surface area contributed by atoms with Gasteiger partial charge in [-0.3, -0.25) is 9.69 Å². The van der Waals surface area contributed by atoms with Crippen LogP contribution in [0.1, 0.15) is 17.9 Å². The van der Waals surface area contributed by atoms with Gasteiger partial charge in [0.1, 0.15) is 5.82 Å². The molecule has 1 aliphatic heterocycles. The molecule has 2 heterocycles. The number of rotatable bonds is 0. The van der Waals surface area contributed by atoms with Gasteiger partial charge in [-0.25, -0.2) is 4.98 Å². The first-order valence-electron chi connectivity index (χ1n) is 5.18. The van der Waals surface area contributed by atoms with E-state index < -0.39 is 0 Å². The SMILES string of the molecule is CN1C(=O)C(N)C2C[C@H]2c2cccnc21. The maximum atomic E-state index is 11.9. The fraction of sp³-hybridized carbons (Fsp3) is 0.455. The van der Waals surface area contributed by atoms with E-state index in [0.29, 0.717) is 11.8 Å². The highest BCUT2D eigenvalue weighted by Crippen LogP contribution is 2.53. The van der Waals surface area contributed by atoms with Crippen molar-refractivity contribution in [3.63, 3.8) is 0 Å². The van der Waals surface area contributed by atoms with Crippen molar-refractivity contribution in [1.82, 2.24) is 4.98 Å². The number of fused-ring (bicyclic) bond motifs is 3. The first-order chi connectivity index (χ1) is 7.20. The van der Waals surface area contributed by atoms with Crippen molar-refractivity contribution in [1.29, 1.82) is 0 Å². The molecule has 4 nitrogen and oxygen atoms in total. The molecule has 15 heavy (non-hydrogen) atoms. The summed E-state index contributed by atoms with van der Waals surface area (Å²) in [6, 6.07) is 3.62. The van der Waals surface area contributed by atoms with E-state index in [1.165, 1.54) is 5.56 Å². The molecule has 0 spiro atoms. The predicted molar refractivity (Wildman–Crippen MR) is 56.5 cm³/mol. The maximum absolute atomic E-state index is 11.9. The Hall–Kier alpha value is -1.42. The first kappa shape index (κ1) is 8.85. The fourth-order valence-electron chi connectivity index (χ4n) is 2.46. The first-order valence-corrected chi connectivity index (χ1v) is 5.18. The standard InChI is InChI=1S/C11H13N3O/c1-14-10-6(3-2-4-13-10)7-5-8(7)9(12)11(14)15/h2-4,7-9H,5,12H2,1H3/t7-,8?,9?/m0/s1. The van der Waals surface area contributed by atoms with Crippen molar-refractivity contribution in [3.8, 4) is 0 Å². The highest BCUT2D eigenvalue weighted by Gasteiger charge is 2.50. The molecule has 2 N–H and O–H groups in total. The van der Waals surface area contributed by atoms with Crippen LogP contribution >= 0.6 is 0 Å². The van der Waals surface area contributed by atoms with Gasteiger partial charge in [0.2, 0.25) is 5.91 Å². The average molecular weight is 203 g/mol. The minimum absolute atomic E-state index is 0.0139. The largest absolute Gasteiger partial charge is 0.320 e. The lowest BCUT2D eigenvalue weighted by Gasteiger charge is -2.19. The summed E-state index contributed by atoms with van der Waals surface area (Å²) in [5.41, 5.74) is 7.09. The smallest absolute Gasteiger partial charge is 0.245 e. The Morgan fingerprint density at radius 1 is 1.60 bits per heavy atom. The van der Waals surface area contributed by atoms with Crippen molar-refractivity contribution in [3.05, 3.63) is 23.9 Å². The summed E-state index contributed by atoms with van der Waals surface area (Å²) in [4.78, 5) is 17.8. The Kier molecular flexibility index (Phi) is 1.65. The van der Waals surface area contributed by atoms with Crippen molar-refractivity contribution >= 4 is 11.7 Å². The van der Waals surface area contributed by atoms with Gasteiger partial charge >= 0.3 is 0 Å². The lowest BCUT2D eigenvalue weighted by Crippen LogP contribution is -2.42. The van der Waals surface area contributed by atoms with Crippen LogP contribution in [0.25, 0.3) is 0 Å². The molecule has 1 fully saturated rings. The Balaban J connectivity index is 2.14. The van der Waals surface area contributed by atoms with E-state index in [0.717, 1.165) is 12.2 Å². The fourth-order valence-corrected chi connectivity index (χ4v) is 2.46. The molecular weight excluding hydrogens is 190 g/mol. The molecule has 1 aromatic rings. The summed E-state index contributed by atoms with van der Waals surface area (Å²) in [5.74, 6) is 1.53. The van der Waals surface area contributed by atoms with Crippen LogP contribution < -0.4 is 10.6 Å². The molecule has 1 aromatic heterocycles. The molecule has 2 unspecified atom stereocenters. The van der Waals surface area contributed by atoms with Crippen molar-refractivity contribution in [2.45, 2.75) is 18.4 Å². The third-order valence-corrected chi connectivity index (χ3v) is 3.45. The van der Waals surface area contributed by atoms with Gasteiger partial charge in [0, 0.05) is 13.2 Å². The van der Waals surface area contributed by atoms with Crippen LogP contribution in [0.15, 0.2) is 18.3 Å². The normalized spacial score (nSPS) is 33.1. The highest BCUT2D eigenvalue weighted by atomic mass is 16.2. The monoisotopic (exact) mass is 203 g/mol. The Morgan fingerprint density at radius 3 is 3.20 bits per heavy atom. The van der Waals surface area contributed by atoms with Gasteiger partial charge in [0.05, 0.1) is 6.04 Å². The Labute approximate surface area is 88.1 Å². The van der Waals surface area contributed by atoms with Crippen LogP contribution in [0, 0.1) is 5.92 Å². The molecule has 3 rings (SSSR count). The van der Waals surface area contributed by atoms with E-state index >= 15 is 0 Å². The number of nitrogens with two attached hydrogens (primary N) is 1. The maximum Gasteiger partial charge on any atom is 0.245 e. The van der Waals surface area contributed by atoms with E-state index in [4.69, 9.17) is 5.73 Å². The predicted octanol–water partition coefficient (Wildman–Crippen LogP) is 0.489. The highest BCUT2D eigenvalue weighted by molar-refractivity contribution is 5.98. The molecular formula is C11H13N3O.